The van der Waals surface area contributed by atoms with Gasteiger partial charge in [-0.1, -0.05) is 22.9 Å². The minimum atomic E-state index is 0.881. The molecule has 0 aliphatic rings. The molecule has 1 aromatic heterocycles. The molecule has 1 heterocycles. The lowest BCUT2D eigenvalue weighted by Gasteiger charge is -2.09. The van der Waals surface area contributed by atoms with E-state index in [2.05, 4.69) is 40.4 Å². The molecule has 2 N–H and O–H groups in total. The third-order valence-electron chi connectivity index (χ3n) is 2.48. The summed E-state index contributed by atoms with van der Waals surface area (Å²) in [5.74, 6) is 0. The van der Waals surface area contributed by atoms with Crippen molar-refractivity contribution in [1.29, 1.82) is 0 Å². The molecule has 14 heavy (non-hydrogen) atoms. The van der Waals surface area contributed by atoms with Gasteiger partial charge in [0.1, 0.15) is 0 Å². The number of fused-ring (bicyclic) bond motifs is 1. The maximum atomic E-state index is 6.14. The largest absolute Gasteiger partial charge is 0.397 e. The summed E-state index contributed by atoms with van der Waals surface area (Å²) in [7, 11) is 0. The van der Waals surface area contributed by atoms with Gasteiger partial charge >= 0.3 is 0 Å². The summed E-state index contributed by atoms with van der Waals surface area (Å²) in [6.07, 6.45) is 1.00. The third-order valence-corrected chi connectivity index (χ3v) is 4.05. The molecular weight excluding hydrogens is 258 g/mol. The first-order valence-corrected chi connectivity index (χ1v) is 6.61. The summed E-state index contributed by atoms with van der Waals surface area (Å²) in [5, 5.41) is 4.24. The van der Waals surface area contributed by atoms with E-state index < -0.39 is 0 Å². The molecule has 74 valence electrons. The van der Waals surface area contributed by atoms with Gasteiger partial charge in [-0.2, -0.15) is 0 Å². The molecule has 0 bridgehead atoms. The van der Waals surface area contributed by atoms with Gasteiger partial charge in [0.05, 0.1) is 10.4 Å². The molecule has 0 fully saturated rings. The predicted molar refractivity (Wildman–Crippen MR) is 68.2 cm³/mol. The average molecular weight is 270 g/mol. The number of hydrogen-bond acceptors (Lipinski definition) is 2. The van der Waals surface area contributed by atoms with Gasteiger partial charge in [-0.05, 0) is 40.4 Å². The molecular formula is C11H12BrNS. The van der Waals surface area contributed by atoms with Gasteiger partial charge in [0.2, 0.25) is 0 Å². The Morgan fingerprint density at radius 1 is 1.50 bits per heavy atom. The second-order valence-corrected chi connectivity index (χ2v) is 4.73. The number of halogens is 1. The molecule has 0 radical (unpaired) electrons. The Balaban J connectivity index is 2.79. The molecule has 0 aliphatic carbocycles. The van der Waals surface area contributed by atoms with E-state index in [0.29, 0.717) is 0 Å². The molecule has 1 nitrogen and oxygen atoms in total. The van der Waals surface area contributed by atoms with Crippen LogP contribution in [0.15, 0.2) is 17.5 Å². The van der Waals surface area contributed by atoms with Gasteiger partial charge in [-0.15, -0.1) is 11.3 Å². The summed E-state index contributed by atoms with van der Waals surface area (Å²) in [5.41, 5.74) is 9.71. The van der Waals surface area contributed by atoms with Crippen LogP contribution in [0.3, 0.4) is 0 Å². The number of benzene rings is 1. The fourth-order valence-electron chi connectivity index (χ4n) is 1.77. The fourth-order valence-corrected chi connectivity index (χ4v) is 3.14. The minimum Gasteiger partial charge on any atom is -0.397 e. The van der Waals surface area contributed by atoms with E-state index in [0.717, 1.165) is 17.4 Å². The first-order valence-electron chi connectivity index (χ1n) is 4.61. The standard InChI is InChI=1S/C11H12BrNS/c1-2-9-8(6-12)5-7-3-4-14-11(7)10(9)13/h3-5H,2,6,13H2,1H3. The molecule has 3 heteroatoms. The molecule has 2 aromatic rings. The van der Waals surface area contributed by atoms with Crippen molar-refractivity contribution < 1.29 is 0 Å². The number of nitrogen functional groups attached to an aromatic ring is 1. The van der Waals surface area contributed by atoms with Crippen LogP contribution < -0.4 is 5.73 Å². The second-order valence-electron chi connectivity index (χ2n) is 3.25. The highest BCUT2D eigenvalue weighted by atomic mass is 79.9. The maximum absolute atomic E-state index is 6.14. The summed E-state index contributed by atoms with van der Waals surface area (Å²) < 4.78 is 1.23. The normalized spacial score (nSPS) is 11.0. The zero-order valence-electron chi connectivity index (χ0n) is 8.01. The van der Waals surface area contributed by atoms with Crippen LogP contribution in [0.2, 0.25) is 0 Å². The average Bonchev–Trinajstić information content (AvgIpc) is 2.65. The Labute approximate surface area is 96.1 Å². The van der Waals surface area contributed by atoms with Crippen LogP contribution in [0, 0.1) is 0 Å². The topological polar surface area (TPSA) is 26.0 Å². The van der Waals surface area contributed by atoms with E-state index in [1.54, 1.807) is 11.3 Å². The molecule has 2 rings (SSSR count). The van der Waals surface area contributed by atoms with E-state index in [4.69, 9.17) is 5.73 Å². The number of anilines is 1. The molecule has 0 saturated heterocycles. The molecule has 1 aromatic carbocycles. The van der Waals surface area contributed by atoms with Gasteiger partial charge in [0.25, 0.3) is 0 Å². The van der Waals surface area contributed by atoms with E-state index in [9.17, 15) is 0 Å². The number of thiophene rings is 1. The molecule has 0 spiro atoms. The van der Waals surface area contributed by atoms with Crippen molar-refractivity contribution in [1.82, 2.24) is 0 Å². The Morgan fingerprint density at radius 3 is 2.93 bits per heavy atom. The van der Waals surface area contributed by atoms with Crippen LogP contribution in [-0.2, 0) is 11.8 Å². The lowest BCUT2D eigenvalue weighted by atomic mass is 10.0. The van der Waals surface area contributed by atoms with Crippen LogP contribution in [0.5, 0.6) is 0 Å². The Morgan fingerprint density at radius 2 is 2.29 bits per heavy atom. The van der Waals surface area contributed by atoms with Crippen LogP contribution >= 0.6 is 27.3 Å². The van der Waals surface area contributed by atoms with Crippen molar-refractivity contribution in [2.45, 2.75) is 18.7 Å². The first-order chi connectivity index (χ1) is 6.77. The second kappa shape index (κ2) is 3.91. The Hall–Kier alpha value is -0.540. The Kier molecular flexibility index (Phi) is 2.79. The molecule has 0 amide bonds. The molecule has 0 saturated carbocycles. The van der Waals surface area contributed by atoms with Crippen molar-refractivity contribution in [3.05, 3.63) is 28.6 Å². The van der Waals surface area contributed by atoms with Gasteiger partial charge in [-0.3, -0.25) is 0 Å². The van der Waals surface area contributed by atoms with Crippen molar-refractivity contribution in [2.24, 2.45) is 0 Å². The summed E-state index contributed by atoms with van der Waals surface area (Å²) in [6.45, 7) is 2.15. The molecule has 0 unspecified atom stereocenters. The lowest BCUT2D eigenvalue weighted by Crippen LogP contribution is -1.97. The van der Waals surface area contributed by atoms with Crippen molar-refractivity contribution in [3.63, 3.8) is 0 Å². The smallest absolute Gasteiger partial charge is 0.0575 e. The SMILES string of the molecule is CCc1c(CBr)cc2ccsc2c1N. The van der Waals surface area contributed by atoms with E-state index in [-0.39, 0.29) is 0 Å². The van der Waals surface area contributed by atoms with E-state index >= 15 is 0 Å². The highest BCUT2D eigenvalue weighted by molar-refractivity contribution is 9.08. The first kappa shape index (κ1) is 9.99. The third kappa shape index (κ3) is 1.44. The number of rotatable bonds is 2. The lowest BCUT2D eigenvalue weighted by molar-refractivity contribution is 1.12. The number of hydrogen-bond donors (Lipinski definition) is 1. The number of nitrogens with two attached hydrogens (primary N) is 1. The zero-order chi connectivity index (χ0) is 10.1. The van der Waals surface area contributed by atoms with Gasteiger partial charge in [0, 0.05) is 5.33 Å². The monoisotopic (exact) mass is 269 g/mol. The zero-order valence-corrected chi connectivity index (χ0v) is 10.4. The molecule has 0 atom stereocenters. The number of alkyl halides is 1. The van der Waals surface area contributed by atoms with Gasteiger partial charge in [0.15, 0.2) is 0 Å². The highest BCUT2D eigenvalue weighted by Gasteiger charge is 2.09. The van der Waals surface area contributed by atoms with Crippen LogP contribution in [0.1, 0.15) is 18.1 Å². The summed E-state index contributed by atoms with van der Waals surface area (Å²) >= 11 is 5.23. The van der Waals surface area contributed by atoms with Gasteiger partial charge in [-0.25, -0.2) is 0 Å². The van der Waals surface area contributed by atoms with Crippen molar-refractivity contribution >= 4 is 43.0 Å². The van der Waals surface area contributed by atoms with E-state index in [1.807, 2.05) is 0 Å². The Bertz CT molecular complexity index is 462. The summed E-state index contributed by atoms with van der Waals surface area (Å²) in [6, 6.07) is 4.36. The van der Waals surface area contributed by atoms with Crippen LogP contribution in [-0.4, -0.2) is 0 Å². The quantitative estimate of drug-likeness (QED) is 0.649. The highest BCUT2D eigenvalue weighted by Crippen LogP contribution is 2.33. The van der Waals surface area contributed by atoms with Crippen LogP contribution in [0.25, 0.3) is 10.1 Å². The maximum Gasteiger partial charge on any atom is 0.0575 e. The van der Waals surface area contributed by atoms with E-state index in [1.165, 1.54) is 21.2 Å². The van der Waals surface area contributed by atoms with Gasteiger partial charge < -0.3 is 5.73 Å². The van der Waals surface area contributed by atoms with Crippen molar-refractivity contribution in [2.75, 3.05) is 5.73 Å². The predicted octanol–water partition coefficient (Wildman–Crippen LogP) is 3.94. The minimum absolute atomic E-state index is 0.881. The van der Waals surface area contributed by atoms with Crippen LogP contribution in [0.4, 0.5) is 5.69 Å². The fraction of sp³-hybridized carbons (Fsp3) is 0.273. The molecule has 0 aliphatic heterocycles. The van der Waals surface area contributed by atoms with Crippen molar-refractivity contribution in [3.8, 4) is 0 Å². The summed E-state index contributed by atoms with van der Waals surface area (Å²) in [4.78, 5) is 0.